The van der Waals surface area contributed by atoms with Crippen molar-refractivity contribution in [1.82, 2.24) is 24.6 Å². The maximum absolute atomic E-state index is 13.8. The number of piperidine rings is 1. The molecule has 0 spiro atoms. The number of hydrogen-bond donors (Lipinski definition) is 1. The van der Waals surface area contributed by atoms with Gasteiger partial charge in [-0.05, 0) is 31.0 Å². The molecule has 29 heavy (non-hydrogen) atoms. The van der Waals surface area contributed by atoms with Gasteiger partial charge in [0.05, 0.1) is 6.54 Å². The Balaban J connectivity index is 1.32. The van der Waals surface area contributed by atoms with Crippen LogP contribution in [0.2, 0.25) is 0 Å². The second kappa shape index (κ2) is 8.48. The molecule has 0 aliphatic carbocycles. The van der Waals surface area contributed by atoms with Crippen molar-refractivity contribution in [3.63, 3.8) is 0 Å². The Morgan fingerprint density at radius 2 is 2.10 bits per heavy atom. The average molecular weight is 416 g/mol. The molecule has 10 heteroatoms. The van der Waals surface area contributed by atoms with Crippen molar-refractivity contribution in [3.8, 4) is 0 Å². The molecule has 1 aromatic carbocycles. The van der Waals surface area contributed by atoms with E-state index in [0.29, 0.717) is 37.6 Å². The monoisotopic (exact) mass is 416 g/mol. The van der Waals surface area contributed by atoms with E-state index in [9.17, 15) is 13.6 Å². The third kappa shape index (κ3) is 4.83. The van der Waals surface area contributed by atoms with E-state index in [1.807, 2.05) is 0 Å². The lowest BCUT2D eigenvalue weighted by atomic mass is 10.0. The zero-order valence-electron chi connectivity index (χ0n) is 15.4. The Morgan fingerprint density at radius 3 is 2.86 bits per heavy atom. The quantitative estimate of drug-likeness (QED) is 0.703. The van der Waals surface area contributed by atoms with E-state index in [1.54, 1.807) is 28.2 Å². The number of nitrogens with one attached hydrogen (secondary N) is 1. The number of hydrogen-bond acceptors (Lipinski definition) is 5. The fraction of sp³-hybridized carbons (Fsp3) is 0.263. The number of anilines is 1. The highest BCUT2D eigenvalue weighted by molar-refractivity contribution is 7.15. The number of carbonyl (C=O) groups is 1. The first kappa shape index (κ1) is 19.2. The van der Waals surface area contributed by atoms with Crippen LogP contribution in [0, 0.1) is 11.6 Å². The number of carbonyl (C=O) groups excluding carboxylic acids is 1. The molecule has 4 rings (SSSR count). The number of nitrogens with zero attached hydrogens (tertiary/aromatic N) is 5. The van der Waals surface area contributed by atoms with Crippen LogP contribution in [0.3, 0.4) is 0 Å². The van der Waals surface area contributed by atoms with E-state index >= 15 is 0 Å². The maximum Gasteiger partial charge on any atom is 0.323 e. The second-order valence-electron chi connectivity index (χ2n) is 6.61. The van der Waals surface area contributed by atoms with E-state index in [1.165, 1.54) is 23.7 Å². The van der Waals surface area contributed by atoms with E-state index in [2.05, 4.69) is 20.4 Å². The van der Waals surface area contributed by atoms with Crippen LogP contribution in [-0.4, -0.2) is 43.8 Å². The van der Waals surface area contributed by atoms with Gasteiger partial charge < -0.3 is 4.90 Å². The van der Waals surface area contributed by atoms with Crippen LogP contribution < -0.4 is 5.32 Å². The Hall–Kier alpha value is -3.14. The van der Waals surface area contributed by atoms with Crippen molar-refractivity contribution in [1.29, 1.82) is 0 Å². The van der Waals surface area contributed by atoms with Crippen molar-refractivity contribution in [2.75, 3.05) is 18.4 Å². The molecule has 1 aliphatic heterocycles. The van der Waals surface area contributed by atoms with Gasteiger partial charge in [0.25, 0.3) is 0 Å². The maximum atomic E-state index is 13.8. The highest BCUT2D eigenvalue weighted by atomic mass is 32.1. The molecule has 0 saturated carbocycles. The largest absolute Gasteiger partial charge is 0.324 e. The summed E-state index contributed by atoms with van der Waals surface area (Å²) >= 11 is 1.38. The summed E-state index contributed by atoms with van der Waals surface area (Å²) in [6.07, 6.45) is 7.67. The summed E-state index contributed by atoms with van der Waals surface area (Å²) < 4.78 is 28.8. The fourth-order valence-corrected chi connectivity index (χ4v) is 3.86. The lowest BCUT2D eigenvalue weighted by Gasteiger charge is -2.28. The first-order valence-corrected chi connectivity index (χ1v) is 9.86. The topological polar surface area (TPSA) is 75.9 Å². The Bertz CT molecular complexity index is 1020. The average Bonchev–Trinajstić information content (AvgIpc) is 3.38. The van der Waals surface area contributed by atoms with Gasteiger partial charge in [0.2, 0.25) is 0 Å². The van der Waals surface area contributed by atoms with Crippen LogP contribution in [0.15, 0.2) is 42.6 Å². The van der Waals surface area contributed by atoms with Crippen LogP contribution >= 0.6 is 11.3 Å². The molecular formula is C19H18F2N6OS. The third-order valence-corrected chi connectivity index (χ3v) is 5.46. The highest BCUT2D eigenvalue weighted by Crippen LogP contribution is 2.23. The zero-order valence-corrected chi connectivity index (χ0v) is 16.2. The molecule has 7 nitrogen and oxygen atoms in total. The zero-order chi connectivity index (χ0) is 20.2. The minimum atomic E-state index is -0.471. The number of benzene rings is 1. The molecular weight excluding hydrogens is 398 g/mol. The van der Waals surface area contributed by atoms with Gasteiger partial charge in [0.1, 0.15) is 24.3 Å². The Kier molecular flexibility index (Phi) is 5.61. The molecule has 1 fully saturated rings. The molecule has 1 N–H and O–H groups in total. The third-order valence-electron chi connectivity index (χ3n) is 4.56. The molecule has 3 heterocycles. The number of likely N-dealkylation sites (tertiary alicyclic amines) is 1. The van der Waals surface area contributed by atoms with Crippen LogP contribution in [0.4, 0.5) is 18.7 Å². The highest BCUT2D eigenvalue weighted by Gasteiger charge is 2.20. The van der Waals surface area contributed by atoms with Crippen molar-refractivity contribution in [3.05, 3.63) is 64.7 Å². The lowest BCUT2D eigenvalue weighted by molar-refractivity contribution is 0.208. The number of rotatable bonds is 4. The van der Waals surface area contributed by atoms with Gasteiger partial charge >= 0.3 is 6.03 Å². The molecule has 1 saturated heterocycles. The van der Waals surface area contributed by atoms with Gasteiger partial charge in [-0.3, -0.25) is 5.32 Å². The van der Waals surface area contributed by atoms with Gasteiger partial charge in [-0.15, -0.1) is 0 Å². The van der Waals surface area contributed by atoms with Gasteiger partial charge in [-0.25, -0.2) is 28.2 Å². The van der Waals surface area contributed by atoms with Crippen LogP contribution in [0.1, 0.15) is 23.3 Å². The van der Waals surface area contributed by atoms with Crippen molar-refractivity contribution in [2.45, 2.75) is 19.4 Å². The van der Waals surface area contributed by atoms with Gasteiger partial charge in [0.15, 0.2) is 5.13 Å². The first-order chi connectivity index (χ1) is 14.1. The van der Waals surface area contributed by atoms with Crippen molar-refractivity contribution < 1.29 is 13.6 Å². The standard InChI is InChI=1S/C19H18F2N6OS/c20-15-1-2-17(21)14(8-15)7-13-3-5-26(6-4-13)19(28)25-18-23-9-16(29-18)10-27-12-22-11-24-27/h1-2,7-9,11-12H,3-6,10H2,(H,23,25,28). The second-order valence-corrected chi connectivity index (χ2v) is 7.73. The number of urea groups is 1. The van der Waals surface area contributed by atoms with Gasteiger partial charge in [-0.2, -0.15) is 5.10 Å². The van der Waals surface area contributed by atoms with Crippen molar-refractivity contribution >= 4 is 28.6 Å². The van der Waals surface area contributed by atoms with Crippen LogP contribution in [-0.2, 0) is 6.54 Å². The van der Waals surface area contributed by atoms with Gasteiger partial charge in [-0.1, -0.05) is 23.0 Å². The molecule has 0 atom stereocenters. The summed E-state index contributed by atoms with van der Waals surface area (Å²) in [4.78, 5) is 23.2. The minimum Gasteiger partial charge on any atom is -0.324 e. The number of thiazole rings is 1. The molecule has 3 aromatic rings. The molecule has 0 unspecified atom stereocenters. The Labute approximate surface area is 169 Å². The van der Waals surface area contributed by atoms with Crippen LogP contribution in [0.25, 0.3) is 6.08 Å². The van der Waals surface area contributed by atoms with Crippen LogP contribution in [0.5, 0.6) is 0 Å². The summed E-state index contributed by atoms with van der Waals surface area (Å²) in [7, 11) is 0. The molecule has 2 amide bonds. The fourth-order valence-electron chi connectivity index (χ4n) is 3.07. The molecule has 1 aliphatic rings. The lowest BCUT2D eigenvalue weighted by Crippen LogP contribution is -2.39. The number of aromatic nitrogens is 4. The van der Waals surface area contributed by atoms with E-state index in [-0.39, 0.29) is 11.6 Å². The normalized spacial score (nSPS) is 14.1. The smallest absolute Gasteiger partial charge is 0.323 e. The minimum absolute atomic E-state index is 0.220. The molecule has 0 bridgehead atoms. The summed E-state index contributed by atoms with van der Waals surface area (Å²) in [6.45, 7) is 1.56. The summed E-state index contributed by atoms with van der Waals surface area (Å²) in [5.74, 6) is -0.925. The van der Waals surface area contributed by atoms with E-state index < -0.39 is 11.6 Å². The molecule has 0 radical (unpaired) electrons. The number of amides is 2. The van der Waals surface area contributed by atoms with E-state index in [0.717, 1.165) is 22.6 Å². The predicted molar refractivity (Wildman–Crippen MR) is 105 cm³/mol. The van der Waals surface area contributed by atoms with E-state index in [4.69, 9.17) is 0 Å². The molecule has 150 valence electrons. The van der Waals surface area contributed by atoms with Gasteiger partial charge in [0, 0.05) is 29.7 Å². The summed E-state index contributed by atoms with van der Waals surface area (Å²) in [5, 5.41) is 7.38. The predicted octanol–water partition coefficient (Wildman–Crippen LogP) is 3.77. The van der Waals surface area contributed by atoms with Crippen molar-refractivity contribution in [2.24, 2.45) is 0 Å². The summed E-state index contributed by atoms with van der Waals surface area (Å²) in [6, 6.07) is 3.18. The molecule has 2 aromatic heterocycles. The first-order valence-electron chi connectivity index (χ1n) is 9.04. The number of halogens is 2. The Morgan fingerprint density at radius 1 is 1.28 bits per heavy atom. The SMILES string of the molecule is O=C(Nc1ncc(Cn2cncn2)s1)N1CCC(=Cc2cc(F)ccc2F)CC1. The summed E-state index contributed by atoms with van der Waals surface area (Å²) in [5.41, 5.74) is 1.23.